The van der Waals surface area contributed by atoms with Gasteiger partial charge in [0, 0.05) is 17.0 Å². The number of nitriles is 1. The Bertz CT molecular complexity index is 830. The van der Waals surface area contributed by atoms with Crippen molar-refractivity contribution in [1.29, 1.82) is 5.26 Å². The summed E-state index contributed by atoms with van der Waals surface area (Å²) in [6.45, 7) is 0.581. The van der Waals surface area contributed by atoms with Crippen molar-refractivity contribution in [3.8, 4) is 11.8 Å². The number of nitrogens with one attached hydrogen (secondary N) is 1. The molecule has 2 aromatic rings. The monoisotopic (exact) mass is 394 g/mol. The summed E-state index contributed by atoms with van der Waals surface area (Å²) in [4.78, 5) is 12.3. The van der Waals surface area contributed by atoms with E-state index in [2.05, 4.69) is 17.0 Å². The molecule has 0 aliphatic carbocycles. The average molecular weight is 394 g/mol. The molecule has 0 unspecified atom stereocenters. The van der Waals surface area contributed by atoms with E-state index in [-0.39, 0.29) is 17.2 Å². The number of hydrogen-bond acceptors (Lipinski definition) is 4. The van der Waals surface area contributed by atoms with Crippen molar-refractivity contribution in [2.45, 2.75) is 18.9 Å². The van der Waals surface area contributed by atoms with Crippen LogP contribution in [0.2, 0.25) is 0 Å². The fraction of sp³-hybridized carbons (Fsp3) is 0.263. The number of carbonyl (C=O) groups excluding carboxylic acids is 1. The highest BCUT2D eigenvalue weighted by molar-refractivity contribution is 7.98. The molecule has 0 bridgehead atoms. The number of thioether (sulfide) groups is 1. The van der Waals surface area contributed by atoms with Crippen molar-refractivity contribution < 1.29 is 22.7 Å². The van der Waals surface area contributed by atoms with Gasteiger partial charge >= 0.3 is 6.18 Å². The molecule has 1 amide bonds. The summed E-state index contributed by atoms with van der Waals surface area (Å²) in [6, 6.07) is 12.8. The summed E-state index contributed by atoms with van der Waals surface area (Å²) in [6.07, 6.45) is -4.50. The van der Waals surface area contributed by atoms with Gasteiger partial charge < -0.3 is 10.1 Å². The molecule has 0 saturated carbocycles. The number of ether oxygens (including phenoxy) is 1. The second-order valence-corrected chi connectivity index (χ2v) is 6.79. The fourth-order valence-corrected chi connectivity index (χ4v) is 2.79. The quantitative estimate of drug-likeness (QED) is 0.718. The normalized spacial score (nSPS) is 10.9. The van der Waals surface area contributed by atoms with Crippen LogP contribution in [0.25, 0.3) is 0 Å². The highest BCUT2D eigenvalue weighted by Crippen LogP contribution is 2.25. The van der Waals surface area contributed by atoms with Gasteiger partial charge in [-0.2, -0.15) is 30.2 Å². The minimum atomic E-state index is -4.50. The van der Waals surface area contributed by atoms with Crippen molar-refractivity contribution >= 4 is 23.4 Å². The van der Waals surface area contributed by atoms with Crippen LogP contribution < -0.4 is 10.1 Å². The van der Waals surface area contributed by atoms with Gasteiger partial charge in [-0.15, -0.1) is 0 Å². The standard InChI is InChI=1S/C19H17F3N2O2S/c1-2-27-11-13-3-5-14(6-4-13)18(25)24-16-7-8-17(15(9-16)10-23)26-12-19(20,21)22/h3-9H,2,11-12H2,1H3,(H,24,25). The maximum Gasteiger partial charge on any atom is 0.422 e. The van der Waals surface area contributed by atoms with Gasteiger partial charge in [0.1, 0.15) is 11.8 Å². The summed E-state index contributed by atoms with van der Waals surface area (Å²) < 4.78 is 41.4. The molecule has 0 fully saturated rings. The SMILES string of the molecule is CCSCc1ccc(C(=O)Nc2ccc(OCC(F)(F)F)c(C#N)c2)cc1. The summed E-state index contributed by atoms with van der Waals surface area (Å²) in [5.41, 5.74) is 1.75. The molecule has 2 aromatic carbocycles. The third-order valence-corrected chi connectivity index (χ3v) is 4.38. The van der Waals surface area contributed by atoms with E-state index in [0.717, 1.165) is 17.1 Å². The molecular weight excluding hydrogens is 377 g/mol. The van der Waals surface area contributed by atoms with E-state index in [1.54, 1.807) is 30.0 Å². The van der Waals surface area contributed by atoms with Gasteiger partial charge in [0.15, 0.2) is 6.61 Å². The van der Waals surface area contributed by atoms with E-state index < -0.39 is 12.8 Å². The zero-order valence-corrected chi connectivity index (χ0v) is 15.3. The maximum absolute atomic E-state index is 12.3. The maximum atomic E-state index is 12.3. The zero-order valence-electron chi connectivity index (χ0n) is 14.5. The first-order valence-electron chi connectivity index (χ1n) is 8.04. The molecule has 0 aromatic heterocycles. The molecule has 0 saturated heterocycles. The van der Waals surface area contributed by atoms with Crippen LogP contribution in [-0.4, -0.2) is 24.4 Å². The Morgan fingerprint density at radius 3 is 2.52 bits per heavy atom. The van der Waals surface area contributed by atoms with Crippen molar-refractivity contribution in [1.82, 2.24) is 0 Å². The van der Waals surface area contributed by atoms with Crippen molar-refractivity contribution in [2.24, 2.45) is 0 Å². The molecule has 0 radical (unpaired) electrons. The van der Waals surface area contributed by atoms with Crippen LogP contribution in [0.4, 0.5) is 18.9 Å². The number of nitrogens with zero attached hydrogens (tertiary/aromatic N) is 1. The number of benzene rings is 2. The van der Waals surface area contributed by atoms with Crippen molar-refractivity contribution in [3.63, 3.8) is 0 Å². The van der Waals surface area contributed by atoms with Gasteiger partial charge in [-0.25, -0.2) is 0 Å². The van der Waals surface area contributed by atoms with Crippen molar-refractivity contribution in [3.05, 3.63) is 59.2 Å². The zero-order chi connectivity index (χ0) is 19.9. The molecule has 142 valence electrons. The number of carbonyl (C=O) groups is 1. The molecule has 27 heavy (non-hydrogen) atoms. The first-order valence-corrected chi connectivity index (χ1v) is 9.19. The average Bonchev–Trinajstić information content (AvgIpc) is 2.64. The van der Waals surface area contributed by atoms with Crippen LogP contribution in [0, 0.1) is 11.3 Å². The van der Waals surface area contributed by atoms with E-state index in [9.17, 15) is 18.0 Å². The Morgan fingerprint density at radius 2 is 1.93 bits per heavy atom. The molecule has 0 heterocycles. The summed E-state index contributed by atoms with van der Waals surface area (Å²) in [5.74, 6) is 1.30. The third kappa shape index (κ3) is 6.53. The second-order valence-electron chi connectivity index (χ2n) is 5.51. The van der Waals surface area contributed by atoms with Crippen LogP contribution in [0.15, 0.2) is 42.5 Å². The lowest BCUT2D eigenvalue weighted by Gasteiger charge is -2.12. The predicted molar refractivity (Wildman–Crippen MR) is 98.9 cm³/mol. The molecule has 2 rings (SSSR count). The minimum absolute atomic E-state index is 0.0935. The van der Waals surface area contributed by atoms with Gasteiger partial charge in [-0.05, 0) is 41.6 Å². The number of amides is 1. The Balaban J connectivity index is 2.06. The van der Waals surface area contributed by atoms with E-state index in [1.165, 1.54) is 18.2 Å². The number of anilines is 1. The smallest absolute Gasteiger partial charge is 0.422 e. The Kier molecular flexibility index (Phi) is 7.13. The van der Waals surface area contributed by atoms with Gasteiger partial charge in [-0.1, -0.05) is 19.1 Å². The lowest BCUT2D eigenvalue weighted by Crippen LogP contribution is -2.19. The van der Waals surface area contributed by atoms with Gasteiger partial charge in [-0.3, -0.25) is 4.79 Å². The largest absolute Gasteiger partial charge is 0.483 e. The molecular formula is C19H17F3N2O2S. The van der Waals surface area contributed by atoms with Crippen LogP contribution in [0.3, 0.4) is 0 Å². The van der Waals surface area contributed by atoms with E-state index in [0.29, 0.717) is 11.3 Å². The number of halogens is 3. The molecule has 4 nitrogen and oxygen atoms in total. The Morgan fingerprint density at radius 1 is 1.22 bits per heavy atom. The number of rotatable bonds is 7. The van der Waals surface area contributed by atoms with Crippen LogP contribution in [0.5, 0.6) is 5.75 Å². The summed E-state index contributed by atoms with van der Waals surface area (Å²) in [5, 5.41) is 11.7. The topological polar surface area (TPSA) is 62.1 Å². The number of alkyl halides is 3. The lowest BCUT2D eigenvalue weighted by molar-refractivity contribution is -0.153. The van der Waals surface area contributed by atoms with E-state index >= 15 is 0 Å². The Labute approximate surface area is 159 Å². The molecule has 0 spiro atoms. The first-order chi connectivity index (χ1) is 12.8. The Hall–Kier alpha value is -2.66. The van der Waals surface area contributed by atoms with Crippen LogP contribution in [-0.2, 0) is 5.75 Å². The first kappa shape index (κ1) is 20.6. The molecule has 0 aliphatic heterocycles. The van der Waals surface area contributed by atoms with Crippen LogP contribution >= 0.6 is 11.8 Å². The van der Waals surface area contributed by atoms with Gasteiger partial charge in [0.25, 0.3) is 5.91 Å². The lowest BCUT2D eigenvalue weighted by atomic mass is 10.1. The summed E-state index contributed by atoms with van der Waals surface area (Å²) in [7, 11) is 0. The van der Waals surface area contributed by atoms with Gasteiger partial charge in [0.05, 0.1) is 5.56 Å². The van der Waals surface area contributed by atoms with Crippen LogP contribution in [0.1, 0.15) is 28.4 Å². The minimum Gasteiger partial charge on any atom is -0.483 e. The molecule has 1 N–H and O–H groups in total. The molecule has 0 aliphatic rings. The summed E-state index contributed by atoms with van der Waals surface area (Å²) >= 11 is 1.78. The van der Waals surface area contributed by atoms with E-state index in [1.807, 2.05) is 12.1 Å². The predicted octanol–water partition coefficient (Wildman–Crippen LogP) is 5.00. The van der Waals surface area contributed by atoms with Gasteiger partial charge in [0.2, 0.25) is 0 Å². The number of hydrogen-bond donors (Lipinski definition) is 1. The fourth-order valence-electron chi connectivity index (χ4n) is 2.16. The van der Waals surface area contributed by atoms with E-state index in [4.69, 9.17) is 5.26 Å². The third-order valence-electron chi connectivity index (χ3n) is 3.44. The molecule has 8 heteroatoms. The highest BCUT2D eigenvalue weighted by Gasteiger charge is 2.28. The second kappa shape index (κ2) is 9.33. The van der Waals surface area contributed by atoms with Crippen molar-refractivity contribution in [2.75, 3.05) is 17.7 Å². The highest BCUT2D eigenvalue weighted by atomic mass is 32.2. The molecule has 0 atom stereocenters.